The second-order valence-electron chi connectivity index (χ2n) is 10.4. The van der Waals surface area contributed by atoms with E-state index in [9.17, 15) is 0 Å². The lowest BCUT2D eigenvalue weighted by Gasteiger charge is -2.16. The summed E-state index contributed by atoms with van der Waals surface area (Å²) in [4.78, 5) is 0. The van der Waals surface area contributed by atoms with E-state index in [4.69, 9.17) is 21.6 Å². The second kappa shape index (κ2) is 11.1. The number of nitrogens with zero attached hydrogens (tertiary/aromatic N) is 2. The molecule has 0 bridgehead atoms. The van der Waals surface area contributed by atoms with Gasteiger partial charge in [0.25, 0.3) is 0 Å². The molecule has 1 aromatic heterocycles. The molecule has 0 saturated carbocycles. The zero-order valence-corrected chi connectivity index (χ0v) is 23.5. The van der Waals surface area contributed by atoms with E-state index < -0.39 is 0 Å². The number of aromatic nitrogens is 2. The highest BCUT2D eigenvalue weighted by Crippen LogP contribution is 2.40. The highest BCUT2D eigenvalue weighted by molar-refractivity contribution is 6.10. The Bertz CT molecular complexity index is 1970. The topological polar surface area (TPSA) is 117 Å². The van der Waals surface area contributed by atoms with Crippen molar-refractivity contribution in [2.75, 3.05) is 17.2 Å². The fourth-order valence-electron chi connectivity index (χ4n) is 5.17. The standard InChI is InChI=1S/C22H19N.C14H12N4O/c1-14-11-16-7-3-5-9-18(16)20(12-14)21-19-10-6-4-8-17(19)13-15(2)22(21)23;15-11-5-1-9(2-6-11)13-17-18-14(19-13)10-3-7-12(16)8-4-10/h3-13H,23H2,1-2H3;1-8H,15-16H2. The molecule has 42 heavy (non-hydrogen) atoms. The van der Waals surface area contributed by atoms with E-state index in [1.54, 1.807) is 24.3 Å². The average Bonchev–Trinajstić information content (AvgIpc) is 3.49. The smallest absolute Gasteiger partial charge is 0.248 e. The van der Waals surface area contributed by atoms with Crippen molar-refractivity contribution in [1.82, 2.24) is 10.2 Å². The Morgan fingerprint density at radius 3 is 1.62 bits per heavy atom. The minimum atomic E-state index is 0.465. The molecule has 0 spiro atoms. The van der Waals surface area contributed by atoms with Crippen LogP contribution in [0.5, 0.6) is 0 Å². The Balaban J connectivity index is 0.000000153. The van der Waals surface area contributed by atoms with E-state index in [0.29, 0.717) is 23.2 Å². The summed E-state index contributed by atoms with van der Waals surface area (Å²) in [7, 11) is 0. The van der Waals surface area contributed by atoms with Crippen LogP contribution in [-0.4, -0.2) is 10.2 Å². The molecule has 0 atom stereocenters. The van der Waals surface area contributed by atoms with Gasteiger partial charge in [0.1, 0.15) is 0 Å². The predicted molar refractivity (Wildman–Crippen MR) is 175 cm³/mol. The molecule has 6 aromatic carbocycles. The highest BCUT2D eigenvalue weighted by atomic mass is 16.4. The number of nitrogen functional groups attached to an aromatic ring is 3. The molecule has 0 aliphatic carbocycles. The molecular weight excluding hydrogens is 518 g/mol. The monoisotopic (exact) mass is 549 g/mol. The van der Waals surface area contributed by atoms with Crippen LogP contribution >= 0.6 is 0 Å². The lowest BCUT2D eigenvalue weighted by atomic mass is 9.90. The SMILES string of the molecule is Cc1cc(-c2c(N)c(C)cc3ccccc23)c2ccccc2c1.Nc1ccc(-c2nnc(-c3ccc(N)cc3)o2)cc1. The number of nitrogens with two attached hydrogens (primary N) is 3. The molecule has 1 heterocycles. The number of aryl methyl sites for hydroxylation is 2. The van der Waals surface area contributed by atoms with Crippen molar-refractivity contribution < 1.29 is 4.42 Å². The Hall–Kier alpha value is -5.62. The predicted octanol–water partition coefficient (Wildman–Crippen LogP) is 8.43. The molecule has 0 aliphatic heterocycles. The number of fused-ring (bicyclic) bond motifs is 2. The van der Waals surface area contributed by atoms with Crippen molar-refractivity contribution >= 4 is 38.6 Å². The first-order valence-electron chi connectivity index (χ1n) is 13.7. The summed E-state index contributed by atoms with van der Waals surface area (Å²) in [5.41, 5.74) is 26.5. The number of hydrogen-bond donors (Lipinski definition) is 3. The molecule has 206 valence electrons. The second-order valence-corrected chi connectivity index (χ2v) is 10.4. The quantitative estimate of drug-likeness (QED) is 0.190. The molecule has 6 nitrogen and oxygen atoms in total. The number of benzene rings is 6. The van der Waals surface area contributed by atoms with E-state index in [0.717, 1.165) is 27.9 Å². The lowest BCUT2D eigenvalue weighted by Crippen LogP contribution is -1.96. The summed E-state index contributed by atoms with van der Waals surface area (Å²) in [6.07, 6.45) is 0. The molecule has 6 N–H and O–H groups in total. The fraction of sp³-hybridized carbons (Fsp3) is 0.0556. The molecule has 0 aliphatic rings. The summed E-state index contributed by atoms with van der Waals surface area (Å²) in [6.45, 7) is 4.23. The van der Waals surface area contributed by atoms with Crippen LogP contribution in [0.3, 0.4) is 0 Å². The molecule has 0 radical (unpaired) electrons. The Labute approximate surface area is 244 Å². The van der Waals surface area contributed by atoms with Gasteiger partial charge in [-0.2, -0.15) is 0 Å². The van der Waals surface area contributed by atoms with Crippen LogP contribution in [0.2, 0.25) is 0 Å². The average molecular weight is 550 g/mol. The molecule has 6 heteroatoms. The molecule has 0 fully saturated rings. The minimum Gasteiger partial charge on any atom is -0.416 e. The van der Waals surface area contributed by atoms with Gasteiger partial charge in [-0.05, 0) is 107 Å². The summed E-state index contributed by atoms with van der Waals surface area (Å²) in [5, 5.41) is 13.0. The normalized spacial score (nSPS) is 10.9. The van der Waals surface area contributed by atoms with Gasteiger partial charge in [0.15, 0.2) is 0 Å². The van der Waals surface area contributed by atoms with Gasteiger partial charge < -0.3 is 21.6 Å². The van der Waals surface area contributed by atoms with Gasteiger partial charge in [0, 0.05) is 33.8 Å². The van der Waals surface area contributed by atoms with E-state index in [2.05, 4.69) is 90.8 Å². The van der Waals surface area contributed by atoms with Crippen LogP contribution < -0.4 is 17.2 Å². The molecule has 0 amide bonds. The highest BCUT2D eigenvalue weighted by Gasteiger charge is 2.14. The summed E-state index contributed by atoms with van der Waals surface area (Å²) >= 11 is 0. The van der Waals surface area contributed by atoms with E-state index >= 15 is 0 Å². The van der Waals surface area contributed by atoms with Crippen molar-refractivity contribution in [2.24, 2.45) is 0 Å². The summed E-state index contributed by atoms with van der Waals surface area (Å²) < 4.78 is 5.63. The zero-order chi connectivity index (χ0) is 29.2. The summed E-state index contributed by atoms with van der Waals surface area (Å²) in [5.74, 6) is 0.929. The Morgan fingerprint density at radius 1 is 0.548 bits per heavy atom. The zero-order valence-electron chi connectivity index (χ0n) is 23.5. The summed E-state index contributed by atoms with van der Waals surface area (Å²) in [6, 6.07) is 38.2. The van der Waals surface area contributed by atoms with Crippen molar-refractivity contribution in [3.05, 3.63) is 126 Å². The van der Waals surface area contributed by atoms with E-state index in [1.807, 2.05) is 24.3 Å². The van der Waals surface area contributed by atoms with Crippen molar-refractivity contribution in [1.29, 1.82) is 0 Å². The molecule has 7 aromatic rings. The molecule has 7 rings (SSSR count). The third-order valence-corrected chi connectivity index (χ3v) is 7.31. The van der Waals surface area contributed by atoms with Gasteiger partial charge in [-0.3, -0.25) is 0 Å². The van der Waals surface area contributed by atoms with Gasteiger partial charge in [-0.1, -0.05) is 60.7 Å². The number of rotatable bonds is 3. The number of anilines is 3. The first-order valence-corrected chi connectivity index (χ1v) is 13.7. The third-order valence-electron chi connectivity index (χ3n) is 7.31. The van der Waals surface area contributed by atoms with E-state index in [-0.39, 0.29) is 0 Å². The fourth-order valence-corrected chi connectivity index (χ4v) is 5.17. The lowest BCUT2D eigenvalue weighted by molar-refractivity contribution is 0.584. The number of hydrogen-bond acceptors (Lipinski definition) is 6. The first-order chi connectivity index (χ1) is 20.4. The maximum atomic E-state index is 6.52. The van der Waals surface area contributed by atoms with Gasteiger partial charge in [-0.15, -0.1) is 10.2 Å². The van der Waals surface area contributed by atoms with Crippen LogP contribution in [0.15, 0.2) is 120 Å². The third kappa shape index (κ3) is 5.25. The van der Waals surface area contributed by atoms with Gasteiger partial charge in [0.05, 0.1) is 0 Å². The maximum Gasteiger partial charge on any atom is 0.248 e. The largest absolute Gasteiger partial charge is 0.416 e. The molecular formula is C36H31N5O. The Kier molecular flexibility index (Phi) is 7.03. The van der Waals surface area contributed by atoms with Crippen LogP contribution in [0.25, 0.3) is 55.6 Å². The van der Waals surface area contributed by atoms with Crippen molar-refractivity contribution in [3.63, 3.8) is 0 Å². The molecule has 0 saturated heterocycles. The van der Waals surface area contributed by atoms with Gasteiger partial charge in [-0.25, -0.2) is 0 Å². The van der Waals surface area contributed by atoms with E-state index in [1.165, 1.54) is 32.7 Å². The van der Waals surface area contributed by atoms with Crippen molar-refractivity contribution in [3.8, 4) is 34.0 Å². The van der Waals surface area contributed by atoms with Crippen LogP contribution in [0.1, 0.15) is 11.1 Å². The maximum absolute atomic E-state index is 6.52. The van der Waals surface area contributed by atoms with Gasteiger partial charge in [0.2, 0.25) is 11.8 Å². The minimum absolute atomic E-state index is 0.465. The molecule has 0 unspecified atom stereocenters. The van der Waals surface area contributed by atoms with Crippen LogP contribution in [0, 0.1) is 13.8 Å². The van der Waals surface area contributed by atoms with Crippen LogP contribution in [0.4, 0.5) is 17.1 Å². The Morgan fingerprint density at radius 2 is 1.05 bits per heavy atom. The van der Waals surface area contributed by atoms with Crippen molar-refractivity contribution in [2.45, 2.75) is 13.8 Å². The van der Waals surface area contributed by atoms with Crippen LogP contribution in [-0.2, 0) is 0 Å². The first kappa shape index (κ1) is 26.6. The van der Waals surface area contributed by atoms with Gasteiger partial charge >= 0.3 is 0 Å².